The summed E-state index contributed by atoms with van der Waals surface area (Å²) in [6.07, 6.45) is 0. The zero-order chi connectivity index (χ0) is 11.7. The van der Waals surface area contributed by atoms with Gasteiger partial charge in [0, 0.05) is 14.1 Å². The molecular formula is C8H11N3O4. The minimum atomic E-state index is -0.779. The smallest absolute Gasteiger partial charge is 0.298 e. The highest BCUT2D eigenvalue weighted by Crippen LogP contribution is 1.73. The van der Waals surface area contributed by atoms with Crippen LogP contribution in [0.4, 0.5) is 0 Å². The van der Waals surface area contributed by atoms with E-state index in [1.54, 1.807) is 0 Å². The summed E-state index contributed by atoms with van der Waals surface area (Å²) in [5.41, 5.74) is -2.26. The van der Waals surface area contributed by atoms with E-state index in [9.17, 15) is 19.2 Å². The largest absolute Gasteiger partial charge is 0.336 e. The van der Waals surface area contributed by atoms with Crippen molar-refractivity contribution in [3.8, 4) is 0 Å². The summed E-state index contributed by atoms with van der Waals surface area (Å²) in [6.45, 7) is 0.941. The highest BCUT2D eigenvalue weighted by atomic mass is 16.2. The van der Waals surface area contributed by atoms with Crippen LogP contribution in [0, 0.1) is 0 Å². The van der Waals surface area contributed by atoms with E-state index in [0.29, 0.717) is 0 Å². The van der Waals surface area contributed by atoms with E-state index in [1.807, 2.05) is 0 Å². The van der Waals surface area contributed by atoms with Gasteiger partial charge in [-0.15, -0.1) is 0 Å². The van der Waals surface area contributed by atoms with Gasteiger partial charge in [-0.2, -0.15) is 0 Å². The van der Waals surface area contributed by atoms with Gasteiger partial charge < -0.3 is 0 Å². The molecule has 1 aromatic heterocycles. The van der Waals surface area contributed by atoms with E-state index in [0.717, 1.165) is 13.7 Å². The highest BCUT2D eigenvalue weighted by Gasteiger charge is 2.11. The number of Topliss-reactive ketones (excluding diaryl/α,β-unsaturated/α-hetero) is 1. The Labute approximate surface area is 84.2 Å². The number of carbonyl (C=O) groups excluding carboxylic acids is 1. The molecule has 0 saturated carbocycles. The van der Waals surface area contributed by atoms with Gasteiger partial charge in [0.2, 0.25) is 0 Å². The lowest BCUT2D eigenvalue weighted by Gasteiger charge is -2.06. The first kappa shape index (κ1) is 11.2. The molecule has 0 radical (unpaired) electrons. The lowest BCUT2D eigenvalue weighted by molar-refractivity contribution is -0.117. The zero-order valence-electron chi connectivity index (χ0n) is 8.68. The van der Waals surface area contributed by atoms with Crippen molar-refractivity contribution in [3.05, 3.63) is 31.5 Å². The summed E-state index contributed by atoms with van der Waals surface area (Å²) in [6, 6.07) is 0. The van der Waals surface area contributed by atoms with Gasteiger partial charge in [0.25, 0.3) is 0 Å². The predicted octanol–water partition coefficient (Wildman–Crippen LogP) is -2.17. The molecule has 1 heterocycles. The Morgan fingerprint density at radius 3 is 1.73 bits per heavy atom. The zero-order valence-corrected chi connectivity index (χ0v) is 8.68. The molecule has 0 aromatic carbocycles. The molecule has 7 nitrogen and oxygen atoms in total. The van der Waals surface area contributed by atoms with Crippen LogP contribution in [0.15, 0.2) is 14.4 Å². The molecule has 0 N–H and O–H groups in total. The third-order valence-electron chi connectivity index (χ3n) is 1.99. The lowest BCUT2D eigenvalue weighted by Crippen LogP contribution is -2.53. The summed E-state index contributed by atoms with van der Waals surface area (Å²) in [5, 5.41) is 0. The van der Waals surface area contributed by atoms with Crippen LogP contribution >= 0.6 is 0 Å². The molecule has 0 spiro atoms. The number of ketones is 1. The molecule has 0 aliphatic carbocycles. The number of carbonyl (C=O) groups is 1. The van der Waals surface area contributed by atoms with E-state index >= 15 is 0 Å². The van der Waals surface area contributed by atoms with Crippen molar-refractivity contribution in [2.45, 2.75) is 13.5 Å². The normalized spacial score (nSPS) is 10.3. The topological polar surface area (TPSA) is 83.1 Å². The molecule has 1 rings (SSSR count). The van der Waals surface area contributed by atoms with Gasteiger partial charge in [-0.1, -0.05) is 0 Å². The Bertz CT molecular complexity index is 535. The van der Waals surface area contributed by atoms with E-state index in [1.165, 1.54) is 21.0 Å². The van der Waals surface area contributed by atoms with Crippen LogP contribution in [0.1, 0.15) is 6.92 Å². The molecule has 82 valence electrons. The van der Waals surface area contributed by atoms with Gasteiger partial charge in [0.1, 0.15) is 5.78 Å². The standard InChI is InChI=1S/C8H11N3O4/c1-5(12)4-11-7(14)9(2)6(13)10(3)8(11)15/h4H2,1-3H3. The SMILES string of the molecule is CC(=O)Cn1c(=O)n(C)c(=O)n(C)c1=O. The molecular weight excluding hydrogens is 202 g/mol. The van der Waals surface area contributed by atoms with Crippen molar-refractivity contribution in [3.63, 3.8) is 0 Å². The average Bonchev–Trinajstić information content (AvgIpc) is 2.18. The van der Waals surface area contributed by atoms with E-state index in [2.05, 4.69) is 0 Å². The molecule has 0 atom stereocenters. The van der Waals surface area contributed by atoms with Crippen LogP contribution in [0.25, 0.3) is 0 Å². The van der Waals surface area contributed by atoms with Gasteiger partial charge in [-0.05, 0) is 6.92 Å². The van der Waals surface area contributed by atoms with Crippen molar-refractivity contribution in [2.24, 2.45) is 14.1 Å². The van der Waals surface area contributed by atoms with Crippen molar-refractivity contribution < 1.29 is 4.79 Å². The first-order chi connectivity index (χ1) is 6.86. The summed E-state index contributed by atoms with van der Waals surface area (Å²) in [7, 11) is 2.50. The monoisotopic (exact) mass is 213 g/mol. The van der Waals surface area contributed by atoms with Gasteiger partial charge >= 0.3 is 17.1 Å². The molecule has 1 aromatic rings. The quantitative estimate of drug-likeness (QED) is 0.560. The minimum absolute atomic E-state index is 0.320. The second-order valence-corrected chi connectivity index (χ2v) is 3.25. The summed E-state index contributed by atoms with van der Waals surface area (Å²) >= 11 is 0. The molecule has 0 saturated heterocycles. The number of hydrogen-bond donors (Lipinski definition) is 0. The highest BCUT2D eigenvalue weighted by molar-refractivity contribution is 5.75. The van der Waals surface area contributed by atoms with Crippen LogP contribution in [0.5, 0.6) is 0 Å². The summed E-state index contributed by atoms with van der Waals surface area (Å²) < 4.78 is 2.29. The second-order valence-electron chi connectivity index (χ2n) is 3.25. The number of nitrogens with zero attached hydrogens (tertiary/aromatic N) is 3. The average molecular weight is 213 g/mol. The Morgan fingerprint density at radius 1 is 1.00 bits per heavy atom. The van der Waals surface area contributed by atoms with Gasteiger partial charge in [-0.25, -0.2) is 28.1 Å². The maximum atomic E-state index is 11.5. The van der Waals surface area contributed by atoms with Crippen LogP contribution < -0.4 is 17.1 Å². The van der Waals surface area contributed by atoms with Gasteiger partial charge in [-0.3, -0.25) is 4.79 Å². The number of hydrogen-bond acceptors (Lipinski definition) is 4. The van der Waals surface area contributed by atoms with Crippen molar-refractivity contribution in [2.75, 3.05) is 0 Å². The molecule has 0 fully saturated rings. The lowest BCUT2D eigenvalue weighted by atomic mass is 10.4. The van der Waals surface area contributed by atoms with E-state index in [4.69, 9.17) is 0 Å². The first-order valence-electron chi connectivity index (χ1n) is 4.22. The molecule has 0 aliphatic rings. The predicted molar refractivity (Wildman–Crippen MR) is 51.9 cm³/mol. The number of rotatable bonds is 2. The fraction of sp³-hybridized carbons (Fsp3) is 0.500. The van der Waals surface area contributed by atoms with Crippen molar-refractivity contribution in [1.82, 2.24) is 13.7 Å². The number of aromatic nitrogens is 3. The molecule has 0 unspecified atom stereocenters. The van der Waals surface area contributed by atoms with Crippen LogP contribution in [-0.4, -0.2) is 19.5 Å². The molecule has 0 bridgehead atoms. The Balaban J connectivity index is 3.68. The van der Waals surface area contributed by atoms with Crippen molar-refractivity contribution in [1.29, 1.82) is 0 Å². The van der Waals surface area contributed by atoms with Gasteiger partial charge in [0.15, 0.2) is 0 Å². The molecule has 7 heteroatoms. The Hall–Kier alpha value is -1.92. The third kappa shape index (κ3) is 1.80. The van der Waals surface area contributed by atoms with Gasteiger partial charge in [0.05, 0.1) is 6.54 Å². The van der Waals surface area contributed by atoms with E-state index < -0.39 is 17.1 Å². The summed E-state index contributed by atoms with van der Waals surface area (Å²) in [4.78, 5) is 45.0. The van der Waals surface area contributed by atoms with Crippen LogP contribution in [-0.2, 0) is 25.4 Å². The molecule has 0 amide bonds. The Morgan fingerprint density at radius 2 is 1.40 bits per heavy atom. The van der Waals surface area contributed by atoms with Crippen LogP contribution in [0.2, 0.25) is 0 Å². The summed E-state index contributed by atoms with van der Waals surface area (Å²) in [5.74, 6) is -0.326. The molecule has 15 heavy (non-hydrogen) atoms. The fourth-order valence-electron chi connectivity index (χ4n) is 1.19. The second kappa shape index (κ2) is 3.68. The van der Waals surface area contributed by atoms with Crippen LogP contribution in [0.3, 0.4) is 0 Å². The first-order valence-corrected chi connectivity index (χ1v) is 4.22. The maximum Gasteiger partial charge on any atom is 0.336 e. The van der Waals surface area contributed by atoms with E-state index in [-0.39, 0.29) is 12.3 Å². The maximum absolute atomic E-state index is 11.5. The molecule has 0 aliphatic heterocycles. The van der Waals surface area contributed by atoms with Crippen molar-refractivity contribution >= 4 is 5.78 Å². The minimum Gasteiger partial charge on any atom is -0.298 e. The fourth-order valence-corrected chi connectivity index (χ4v) is 1.19. The Kier molecular flexibility index (Phi) is 2.74. The third-order valence-corrected chi connectivity index (χ3v) is 1.99.